The first kappa shape index (κ1) is 17.8. The molecule has 0 unspecified atom stereocenters. The maximum absolute atomic E-state index is 12.8. The molecule has 0 atom stereocenters. The van der Waals surface area contributed by atoms with Gasteiger partial charge in [-0.3, -0.25) is 19.4 Å². The smallest absolute Gasteiger partial charge is 0.274 e. The van der Waals surface area contributed by atoms with Crippen LogP contribution >= 0.6 is 0 Å². The first-order valence-corrected chi connectivity index (χ1v) is 8.77. The molecular weight excluding hydrogens is 332 g/mol. The lowest BCUT2D eigenvalue weighted by atomic mass is 10.2. The van der Waals surface area contributed by atoms with E-state index in [2.05, 4.69) is 10.3 Å². The summed E-state index contributed by atoms with van der Waals surface area (Å²) in [6.45, 7) is 1.45. The van der Waals surface area contributed by atoms with Crippen molar-refractivity contribution in [1.82, 2.24) is 14.5 Å². The molecule has 1 saturated heterocycles. The molecule has 26 heavy (non-hydrogen) atoms. The van der Waals surface area contributed by atoms with Gasteiger partial charge in [0, 0.05) is 44.3 Å². The fraction of sp³-hybridized carbons (Fsp3) is 0.368. The van der Waals surface area contributed by atoms with Crippen LogP contribution in [0.5, 0.6) is 0 Å². The highest BCUT2D eigenvalue weighted by Crippen LogP contribution is 2.15. The van der Waals surface area contributed by atoms with Gasteiger partial charge in [-0.15, -0.1) is 0 Å². The van der Waals surface area contributed by atoms with Crippen molar-refractivity contribution in [2.45, 2.75) is 25.7 Å². The SMILES string of the molecule is Cn1cc(C(=O)N2CCCCCC2)cc(NC(=O)c2ccncc2)c1=O. The van der Waals surface area contributed by atoms with Crippen LogP contribution in [0.25, 0.3) is 0 Å². The summed E-state index contributed by atoms with van der Waals surface area (Å²) in [7, 11) is 1.57. The molecule has 2 amide bonds. The van der Waals surface area contributed by atoms with Crippen molar-refractivity contribution in [3.63, 3.8) is 0 Å². The average Bonchev–Trinajstić information content (AvgIpc) is 2.94. The van der Waals surface area contributed by atoms with Crippen molar-refractivity contribution in [3.8, 4) is 0 Å². The van der Waals surface area contributed by atoms with Crippen LogP contribution in [0.15, 0.2) is 41.6 Å². The van der Waals surface area contributed by atoms with Crippen LogP contribution in [0.1, 0.15) is 46.4 Å². The van der Waals surface area contributed by atoms with Gasteiger partial charge in [0.15, 0.2) is 0 Å². The van der Waals surface area contributed by atoms with Gasteiger partial charge in [-0.1, -0.05) is 12.8 Å². The van der Waals surface area contributed by atoms with Gasteiger partial charge in [-0.25, -0.2) is 0 Å². The number of hydrogen-bond donors (Lipinski definition) is 1. The highest BCUT2D eigenvalue weighted by Gasteiger charge is 2.20. The van der Waals surface area contributed by atoms with E-state index < -0.39 is 5.91 Å². The second-order valence-corrected chi connectivity index (χ2v) is 6.45. The summed E-state index contributed by atoms with van der Waals surface area (Å²) in [5.74, 6) is -0.522. The maximum atomic E-state index is 12.8. The van der Waals surface area contributed by atoms with E-state index in [4.69, 9.17) is 0 Å². The van der Waals surface area contributed by atoms with E-state index in [1.165, 1.54) is 29.2 Å². The van der Waals surface area contributed by atoms with Crippen molar-refractivity contribution in [1.29, 1.82) is 0 Å². The number of nitrogens with one attached hydrogen (secondary N) is 1. The number of aromatic nitrogens is 2. The number of aryl methyl sites for hydroxylation is 1. The van der Waals surface area contributed by atoms with Crippen molar-refractivity contribution < 1.29 is 9.59 Å². The van der Waals surface area contributed by atoms with Crippen molar-refractivity contribution in [2.24, 2.45) is 7.05 Å². The first-order valence-electron chi connectivity index (χ1n) is 8.77. The van der Waals surface area contributed by atoms with E-state index in [1.54, 1.807) is 19.2 Å². The molecule has 1 N–H and O–H groups in total. The topological polar surface area (TPSA) is 84.3 Å². The summed E-state index contributed by atoms with van der Waals surface area (Å²) in [4.78, 5) is 43.2. The van der Waals surface area contributed by atoms with Crippen molar-refractivity contribution >= 4 is 17.5 Å². The Morgan fingerprint density at radius 2 is 1.69 bits per heavy atom. The number of carbonyl (C=O) groups excluding carboxylic acids is 2. The Morgan fingerprint density at radius 1 is 1.04 bits per heavy atom. The Balaban J connectivity index is 1.86. The van der Waals surface area contributed by atoms with Gasteiger partial charge in [0.05, 0.1) is 5.56 Å². The summed E-state index contributed by atoms with van der Waals surface area (Å²) in [6, 6.07) is 4.59. The number of carbonyl (C=O) groups is 2. The number of amides is 2. The lowest BCUT2D eigenvalue weighted by molar-refractivity contribution is 0.0760. The van der Waals surface area contributed by atoms with E-state index in [0.29, 0.717) is 11.1 Å². The molecule has 0 saturated carbocycles. The number of hydrogen-bond acceptors (Lipinski definition) is 4. The summed E-state index contributed by atoms with van der Waals surface area (Å²) in [6.07, 6.45) is 8.77. The quantitative estimate of drug-likeness (QED) is 0.914. The van der Waals surface area contributed by atoms with Gasteiger partial charge in [0.25, 0.3) is 17.4 Å². The number of anilines is 1. The van der Waals surface area contributed by atoms with Gasteiger partial charge in [0.1, 0.15) is 5.69 Å². The molecule has 1 aliphatic rings. The van der Waals surface area contributed by atoms with Crippen LogP contribution in [0.3, 0.4) is 0 Å². The second kappa shape index (κ2) is 7.95. The summed E-state index contributed by atoms with van der Waals surface area (Å²) >= 11 is 0. The molecule has 7 nitrogen and oxygen atoms in total. The van der Waals surface area contributed by atoms with Gasteiger partial charge in [-0.2, -0.15) is 0 Å². The average molecular weight is 354 g/mol. The third kappa shape index (κ3) is 3.99. The predicted octanol–water partition coefficient (Wildman–Crippen LogP) is 2.05. The zero-order valence-electron chi connectivity index (χ0n) is 14.8. The summed E-state index contributed by atoms with van der Waals surface area (Å²) in [5, 5.41) is 2.61. The van der Waals surface area contributed by atoms with Crippen molar-refractivity contribution in [3.05, 3.63) is 58.3 Å². The molecule has 1 fully saturated rings. The number of rotatable bonds is 3. The minimum atomic E-state index is -0.413. The molecule has 2 aromatic heterocycles. The second-order valence-electron chi connectivity index (χ2n) is 6.45. The standard InChI is InChI=1S/C19H22N4O3/c1-22-13-15(18(25)23-10-4-2-3-5-11-23)12-16(19(22)26)21-17(24)14-6-8-20-9-7-14/h6-9,12-13H,2-5,10-11H2,1H3,(H,21,24). The van der Waals surface area contributed by atoms with E-state index in [0.717, 1.165) is 38.8 Å². The molecule has 0 bridgehead atoms. The van der Waals surface area contributed by atoms with Gasteiger partial charge in [0.2, 0.25) is 0 Å². The number of likely N-dealkylation sites (tertiary alicyclic amines) is 1. The molecule has 7 heteroatoms. The van der Waals surface area contributed by atoms with Crippen LogP contribution in [0.4, 0.5) is 5.69 Å². The Labute approximate surface area is 151 Å². The van der Waals surface area contributed by atoms with Crippen molar-refractivity contribution in [2.75, 3.05) is 18.4 Å². The molecule has 136 valence electrons. The van der Waals surface area contributed by atoms with E-state index in [9.17, 15) is 14.4 Å². The third-order valence-electron chi connectivity index (χ3n) is 4.51. The summed E-state index contributed by atoms with van der Waals surface area (Å²) in [5.41, 5.74) is 0.528. The molecule has 3 heterocycles. The van der Waals surface area contributed by atoms with Gasteiger partial charge in [-0.05, 0) is 31.0 Å². The minimum absolute atomic E-state index is 0.0926. The maximum Gasteiger partial charge on any atom is 0.274 e. The molecular formula is C19H22N4O3. The Kier molecular flexibility index (Phi) is 5.46. The van der Waals surface area contributed by atoms with Crippen LogP contribution in [-0.2, 0) is 7.05 Å². The Hall–Kier alpha value is -2.96. The highest BCUT2D eigenvalue weighted by atomic mass is 16.2. The lowest BCUT2D eigenvalue weighted by Gasteiger charge is -2.21. The Bertz CT molecular complexity index is 853. The molecule has 2 aromatic rings. The predicted molar refractivity (Wildman–Crippen MR) is 98.2 cm³/mol. The molecule has 0 aromatic carbocycles. The Morgan fingerprint density at radius 3 is 2.35 bits per heavy atom. The zero-order valence-corrected chi connectivity index (χ0v) is 14.8. The molecule has 1 aliphatic heterocycles. The van der Waals surface area contributed by atoms with Crippen LogP contribution in [0, 0.1) is 0 Å². The lowest BCUT2D eigenvalue weighted by Crippen LogP contribution is -2.33. The summed E-state index contributed by atoms with van der Waals surface area (Å²) < 4.78 is 1.33. The van der Waals surface area contributed by atoms with E-state index in [1.807, 2.05) is 4.90 Å². The molecule has 0 aliphatic carbocycles. The van der Waals surface area contributed by atoms with Crippen LogP contribution in [-0.4, -0.2) is 39.4 Å². The molecule has 0 radical (unpaired) electrons. The number of pyridine rings is 2. The first-order chi connectivity index (χ1) is 12.6. The van der Waals surface area contributed by atoms with E-state index in [-0.39, 0.29) is 17.2 Å². The normalized spacial score (nSPS) is 14.6. The molecule has 0 spiro atoms. The van der Waals surface area contributed by atoms with Crippen LogP contribution < -0.4 is 10.9 Å². The largest absolute Gasteiger partial charge is 0.339 e. The van der Waals surface area contributed by atoms with Gasteiger partial charge >= 0.3 is 0 Å². The fourth-order valence-electron chi connectivity index (χ4n) is 3.07. The van der Waals surface area contributed by atoms with Gasteiger partial charge < -0.3 is 14.8 Å². The zero-order chi connectivity index (χ0) is 18.5. The minimum Gasteiger partial charge on any atom is -0.339 e. The number of nitrogens with zero attached hydrogens (tertiary/aromatic N) is 3. The highest BCUT2D eigenvalue weighted by molar-refractivity contribution is 6.04. The van der Waals surface area contributed by atoms with E-state index >= 15 is 0 Å². The monoisotopic (exact) mass is 354 g/mol. The third-order valence-corrected chi connectivity index (χ3v) is 4.51. The van der Waals surface area contributed by atoms with Crippen LogP contribution in [0.2, 0.25) is 0 Å². The fourth-order valence-corrected chi connectivity index (χ4v) is 3.07. The molecule has 3 rings (SSSR count).